The summed E-state index contributed by atoms with van der Waals surface area (Å²) in [6, 6.07) is 0.733. The summed E-state index contributed by atoms with van der Waals surface area (Å²) in [5, 5.41) is 16.7. The number of aliphatic hydroxyl groups excluding tert-OH is 1. The molecule has 1 unspecified atom stereocenters. The molecule has 0 saturated heterocycles. The third-order valence-corrected chi connectivity index (χ3v) is 2.01. The number of aliphatic hydroxyl groups is 1. The SMILES string of the molecule is O=C(O)C(O)c1cc(F)c(Cl)nc1Cl. The smallest absolute Gasteiger partial charge is 0.337 e. The fraction of sp³-hybridized carbons (Fsp3) is 0.143. The number of hydrogen-bond acceptors (Lipinski definition) is 3. The highest BCUT2D eigenvalue weighted by atomic mass is 35.5. The Hall–Kier alpha value is -0.910. The molecule has 4 nitrogen and oxygen atoms in total. The molecular weight excluding hydrogens is 236 g/mol. The van der Waals surface area contributed by atoms with Crippen LogP contribution in [0.1, 0.15) is 11.7 Å². The summed E-state index contributed by atoms with van der Waals surface area (Å²) in [5.41, 5.74) is -0.332. The molecule has 1 aromatic rings. The number of carbonyl (C=O) groups is 1. The van der Waals surface area contributed by atoms with Crippen LogP contribution in [-0.2, 0) is 4.79 Å². The Morgan fingerprint density at radius 1 is 1.50 bits per heavy atom. The summed E-state index contributed by atoms with van der Waals surface area (Å²) in [5.74, 6) is -2.48. The van der Waals surface area contributed by atoms with Gasteiger partial charge in [-0.2, -0.15) is 0 Å². The number of halogens is 3. The molecule has 0 aliphatic carbocycles. The van der Waals surface area contributed by atoms with Crippen molar-refractivity contribution >= 4 is 29.2 Å². The molecule has 0 aliphatic heterocycles. The van der Waals surface area contributed by atoms with E-state index in [1.807, 2.05) is 0 Å². The molecule has 7 heteroatoms. The molecule has 0 saturated carbocycles. The summed E-state index contributed by atoms with van der Waals surface area (Å²) in [4.78, 5) is 13.7. The van der Waals surface area contributed by atoms with Crippen molar-refractivity contribution in [3.05, 3.63) is 27.8 Å². The van der Waals surface area contributed by atoms with Gasteiger partial charge in [0.2, 0.25) is 0 Å². The van der Waals surface area contributed by atoms with E-state index in [4.69, 9.17) is 33.4 Å². The molecule has 1 rings (SSSR count). The standard InChI is InChI=1S/C7H4Cl2FNO3/c8-5-2(4(12)7(13)14)1-3(10)6(9)11-5/h1,4,12H,(H,13,14). The van der Waals surface area contributed by atoms with Crippen LogP contribution in [0, 0.1) is 5.82 Å². The Morgan fingerprint density at radius 3 is 2.57 bits per heavy atom. The van der Waals surface area contributed by atoms with Crippen LogP contribution in [0.3, 0.4) is 0 Å². The second kappa shape index (κ2) is 4.08. The van der Waals surface area contributed by atoms with Crippen molar-refractivity contribution in [1.29, 1.82) is 0 Å². The topological polar surface area (TPSA) is 70.4 Å². The van der Waals surface area contributed by atoms with Gasteiger partial charge in [0.1, 0.15) is 5.15 Å². The van der Waals surface area contributed by atoms with E-state index in [1.165, 1.54) is 0 Å². The first kappa shape index (κ1) is 11.2. The van der Waals surface area contributed by atoms with E-state index < -0.39 is 23.0 Å². The number of hydrogen-bond donors (Lipinski definition) is 2. The van der Waals surface area contributed by atoms with E-state index >= 15 is 0 Å². The van der Waals surface area contributed by atoms with Crippen molar-refractivity contribution in [2.45, 2.75) is 6.10 Å². The second-order valence-corrected chi connectivity index (χ2v) is 3.10. The average molecular weight is 240 g/mol. The Balaban J connectivity index is 3.22. The molecule has 0 radical (unpaired) electrons. The van der Waals surface area contributed by atoms with Crippen LogP contribution in [0.2, 0.25) is 10.3 Å². The Morgan fingerprint density at radius 2 is 2.07 bits per heavy atom. The third kappa shape index (κ3) is 2.12. The van der Waals surface area contributed by atoms with Gasteiger partial charge in [-0.1, -0.05) is 23.2 Å². The molecule has 1 atom stereocenters. The number of rotatable bonds is 2. The highest BCUT2D eigenvalue weighted by Crippen LogP contribution is 2.25. The molecule has 76 valence electrons. The van der Waals surface area contributed by atoms with E-state index in [1.54, 1.807) is 0 Å². The number of carboxylic acid groups (broad SMARTS) is 1. The summed E-state index contributed by atoms with van der Waals surface area (Å²) in [6.45, 7) is 0. The minimum absolute atomic E-state index is 0.332. The largest absolute Gasteiger partial charge is 0.479 e. The summed E-state index contributed by atoms with van der Waals surface area (Å²) in [7, 11) is 0. The molecular formula is C7H4Cl2FNO3. The maximum atomic E-state index is 12.8. The van der Waals surface area contributed by atoms with Gasteiger partial charge in [0.15, 0.2) is 17.1 Å². The molecule has 0 aliphatic rings. The lowest BCUT2D eigenvalue weighted by Gasteiger charge is -2.07. The Bertz CT molecular complexity index is 385. The van der Waals surface area contributed by atoms with Gasteiger partial charge in [-0.25, -0.2) is 14.2 Å². The van der Waals surface area contributed by atoms with Crippen molar-refractivity contribution in [2.75, 3.05) is 0 Å². The number of aliphatic carboxylic acids is 1. The quantitative estimate of drug-likeness (QED) is 0.771. The van der Waals surface area contributed by atoms with Crippen LogP contribution in [0.25, 0.3) is 0 Å². The van der Waals surface area contributed by atoms with Gasteiger partial charge in [0.05, 0.1) is 0 Å². The van der Waals surface area contributed by atoms with Crippen molar-refractivity contribution in [3.63, 3.8) is 0 Å². The average Bonchev–Trinajstić information content (AvgIpc) is 2.10. The molecule has 0 spiro atoms. The zero-order valence-corrected chi connectivity index (χ0v) is 8.05. The molecule has 0 amide bonds. The maximum Gasteiger partial charge on any atom is 0.337 e. The van der Waals surface area contributed by atoms with E-state index in [2.05, 4.69) is 4.98 Å². The van der Waals surface area contributed by atoms with Crippen LogP contribution in [-0.4, -0.2) is 21.2 Å². The van der Waals surface area contributed by atoms with Gasteiger partial charge >= 0.3 is 5.97 Å². The normalized spacial score (nSPS) is 12.6. The van der Waals surface area contributed by atoms with Crippen LogP contribution in [0.5, 0.6) is 0 Å². The molecule has 1 aromatic heterocycles. The Kier molecular flexibility index (Phi) is 3.25. The van der Waals surface area contributed by atoms with E-state index in [0.717, 1.165) is 6.07 Å². The lowest BCUT2D eigenvalue weighted by molar-refractivity contribution is -0.146. The van der Waals surface area contributed by atoms with Gasteiger partial charge in [-0.15, -0.1) is 0 Å². The molecule has 2 N–H and O–H groups in total. The first-order chi connectivity index (χ1) is 6.43. The highest BCUT2D eigenvalue weighted by molar-refractivity contribution is 6.33. The number of aromatic nitrogens is 1. The van der Waals surface area contributed by atoms with Gasteiger partial charge < -0.3 is 10.2 Å². The lowest BCUT2D eigenvalue weighted by atomic mass is 10.1. The van der Waals surface area contributed by atoms with Crippen molar-refractivity contribution in [3.8, 4) is 0 Å². The molecule has 0 bridgehead atoms. The maximum absolute atomic E-state index is 12.8. The first-order valence-corrected chi connectivity index (χ1v) is 4.11. The predicted molar refractivity (Wildman–Crippen MR) is 46.8 cm³/mol. The Labute approximate surface area is 87.9 Å². The van der Waals surface area contributed by atoms with Crippen molar-refractivity contribution in [1.82, 2.24) is 4.98 Å². The molecule has 0 fully saturated rings. The zero-order valence-electron chi connectivity index (χ0n) is 6.54. The van der Waals surface area contributed by atoms with Crippen molar-refractivity contribution < 1.29 is 19.4 Å². The van der Waals surface area contributed by atoms with Gasteiger partial charge in [0.25, 0.3) is 0 Å². The molecule has 1 heterocycles. The molecule has 14 heavy (non-hydrogen) atoms. The molecule has 0 aromatic carbocycles. The van der Waals surface area contributed by atoms with Gasteiger partial charge in [-0.05, 0) is 6.07 Å². The van der Waals surface area contributed by atoms with E-state index in [0.29, 0.717) is 0 Å². The van der Waals surface area contributed by atoms with E-state index in [-0.39, 0.29) is 10.7 Å². The summed E-state index contributed by atoms with van der Waals surface area (Å²) >= 11 is 10.7. The van der Waals surface area contributed by atoms with Gasteiger partial charge in [0, 0.05) is 5.56 Å². The minimum atomic E-state index is -1.92. The lowest BCUT2D eigenvalue weighted by Crippen LogP contribution is -2.12. The van der Waals surface area contributed by atoms with Crippen molar-refractivity contribution in [2.24, 2.45) is 0 Å². The van der Waals surface area contributed by atoms with Crippen LogP contribution < -0.4 is 0 Å². The fourth-order valence-corrected chi connectivity index (χ4v) is 1.21. The first-order valence-electron chi connectivity index (χ1n) is 3.35. The zero-order chi connectivity index (χ0) is 10.9. The van der Waals surface area contributed by atoms with Gasteiger partial charge in [-0.3, -0.25) is 0 Å². The van der Waals surface area contributed by atoms with Crippen LogP contribution in [0.15, 0.2) is 6.07 Å². The fourth-order valence-electron chi connectivity index (χ4n) is 0.785. The van der Waals surface area contributed by atoms with Crippen LogP contribution in [0.4, 0.5) is 4.39 Å². The second-order valence-electron chi connectivity index (χ2n) is 2.38. The number of carboxylic acids is 1. The minimum Gasteiger partial charge on any atom is -0.479 e. The summed E-state index contributed by atoms with van der Waals surface area (Å²) < 4.78 is 12.8. The van der Waals surface area contributed by atoms with E-state index in [9.17, 15) is 9.18 Å². The highest BCUT2D eigenvalue weighted by Gasteiger charge is 2.21. The third-order valence-electron chi connectivity index (χ3n) is 1.44. The number of nitrogens with zero attached hydrogens (tertiary/aromatic N) is 1. The van der Waals surface area contributed by atoms with Crippen LogP contribution >= 0.6 is 23.2 Å². The summed E-state index contributed by atoms with van der Waals surface area (Å²) in [6.07, 6.45) is -1.92. The monoisotopic (exact) mass is 239 g/mol. The predicted octanol–water partition coefficient (Wildman–Crippen LogP) is 1.65. The number of pyridine rings is 1.